The lowest BCUT2D eigenvalue weighted by Crippen LogP contribution is -2.00. The Morgan fingerprint density at radius 1 is 0.952 bits per heavy atom. The lowest BCUT2D eigenvalue weighted by Gasteiger charge is -2.01. The van der Waals surface area contributed by atoms with Crippen molar-refractivity contribution in [1.82, 2.24) is 0 Å². The van der Waals surface area contributed by atoms with Crippen LogP contribution in [0.4, 0.5) is 0 Å². The Hall–Kier alpha value is -2.86. The molecule has 0 fully saturated rings. The molecule has 0 radical (unpaired) electrons. The second-order valence-corrected chi connectivity index (χ2v) is 3.75. The van der Waals surface area contributed by atoms with E-state index in [1.807, 2.05) is 0 Å². The van der Waals surface area contributed by atoms with Crippen LogP contribution in [0.1, 0.15) is 20.7 Å². The maximum absolute atomic E-state index is 10.5. The van der Waals surface area contributed by atoms with Crippen molar-refractivity contribution in [1.29, 1.82) is 0 Å². The van der Waals surface area contributed by atoms with Crippen molar-refractivity contribution in [3.63, 3.8) is 0 Å². The maximum atomic E-state index is 10.5. The number of carbonyl (C=O) groups is 2. The summed E-state index contributed by atoms with van der Waals surface area (Å²) in [6, 6.07) is 14.8. The molecule has 0 spiro atoms. The van der Waals surface area contributed by atoms with Crippen LogP contribution in [-0.4, -0.2) is 29.4 Å². The van der Waals surface area contributed by atoms with E-state index in [9.17, 15) is 9.59 Å². The van der Waals surface area contributed by atoms with Gasteiger partial charge in [0.05, 0.1) is 12.7 Å². The number of carboxylic acids is 1. The minimum absolute atomic E-state index is 0.190. The second-order valence-electron chi connectivity index (χ2n) is 3.75. The monoisotopic (exact) mass is 290 g/mol. The van der Waals surface area contributed by atoms with Crippen LogP contribution in [-0.2, 0) is 4.89 Å². The van der Waals surface area contributed by atoms with Crippen LogP contribution in [0.25, 0.3) is 0 Å². The third kappa shape index (κ3) is 4.96. The zero-order chi connectivity index (χ0) is 15.7. The fourth-order valence-electron chi connectivity index (χ4n) is 1.45. The van der Waals surface area contributed by atoms with Crippen molar-refractivity contribution in [2.75, 3.05) is 7.11 Å². The fourth-order valence-corrected chi connectivity index (χ4v) is 1.45. The summed E-state index contributed by atoms with van der Waals surface area (Å²) in [5, 5.41) is 16.6. The Labute approximate surface area is 121 Å². The van der Waals surface area contributed by atoms with Crippen molar-refractivity contribution in [3.05, 3.63) is 65.7 Å². The highest BCUT2D eigenvalue weighted by Crippen LogP contribution is 2.16. The van der Waals surface area contributed by atoms with Gasteiger partial charge in [0.1, 0.15) is 11.3 Å². The Morgan fingerprint density at radius 2 is 1.52 bits per heavy atom. The molecule has 110 valence electrons. The molecular weight excluding hydrogens is 276 g/mol. The Balaban J connectivity index is 0.000000211. The second kappa shape index (κ2) is 8.34. The summed E-state index contributed by atoms with van der Waals surface area (Å²) in [6.45, 7) is 0. The molecule has 6 heteroatoms. The number of ether oxygens (including phenoxy) is 1. The minimum atomic E-state index is -0.970. The van der Waals surface area contributed by atoms with E-state index in [-0.39, 0.29) is 5.56 Å². The molecule has 2 rings (SSSR count). The number of benzene rings is 2. The van der Waals surface area contributed by atoms with Crippen molar-refractivity contribution in [3.8, 4) is 5.75 Å². The first-order valence-corrected chi connectivity index (χ1v) is 5.87. The number of carbonyl (C=O) groups excluding carboxylic acids is 1. The highest BCUT2D eigenvalue weighted by Gasteiger charge is 2.07. The summed E-state index contributed by atoms with van der Waals surface area (Å²) in [6.07, 6.45) is 0. The molecule has 0 atom stereocenters. The zero-order valence-corrected chi connectivity index (χ0v) is 11.2. The van der Waals surface area contributed by atoms with Crippen molar-refractivity contribution in [2.45, 2.75) is 0 Å². The summed E-state index contributed by atoms with van der Waals surface area (Å²) in [4.78, 5) is 24.5. The van der Waals surface area contributed by atoms with E-state index in [1.54, 1.807) is 48.5 Å². The van der Waals surface area contributed by atoms with Gasteiger partial charge in [-0.25, -0.2) is 9.59 Å². The van der Waals surface area contributed by atoms with Gasteiger partial charge < -0.3 is 9.84 Å². The lowest BCUT2D eigenvalue weighted by atomic mass is 10.2. The molecular formula is C15H14O6. The summed E-state index contributed by atoms with van der Waals surface area (Å²) < 4.78 is 4.83. The third-order valence-corrected chi connectivity index (χ3v) is 2.43. The van der Waals surface area contributed by atoms with Gasteiger partial charge in [-0.05, 0) is 24.3 Å². The van der Waals surface area contributed by atoms with Gasteiger partial charge in [-0.1, -0.05) is 30.3 Å². The molecule has 2 N–H and O–H groups in total. The van der Waals surface area contributed by atoms with Crippen LogP contribution in [0.3, 0.4) is 0 Å². The summed E-state index contributed by atoms with van der Waals surface area (Å²) in [5.41, 5.74) is 0.528. The highest BCUT2D eigenvalue weighted by molar-refractivity contribution is 5.90. The molecule has 2 aromatic rings. The molecule has 0 unspecified atom stereocenters. The van der Waals surface area contributed by atoms with Gasteiger partial charge in [0.2, 0.25) is 0 Å². The van der Waals surface area contributed by atoms with E-state index in [2.05, 4.69) is 4.89 Å². The molecule has 0 bridgehead atoms. The van der Waals surface area contributed by atoms with E-state index >= 15 is 0 Å². The first-order chi connectivity index (χ1) is 10.1. The number of hydrogen-bond acceptors (Lipinski definition) is 5. The molecule has 0 aromatic heterocycles. The standard InChI is InChI=1S/C8H8O3.C7H6O3/c1-11-7-5-3-2-4-6(7)8(9)10;8-7(10-9)6-4-2-1-3-5-6/h2-5H,1H3,(H,9,10);1-5,9H. The van der Waals surface area contributed by atoms with E-state index in [0.29, 0.717) is 11.3 Å². The predicted octanol–water partition coefficient (Wildman–Crippen LogP) is 2.71. The van der Waals surface area contributed by atoms with Crippen molar-refractivity contribution >= 4 is 11.9 Å². The van der Waals surface area contributed by atoms with Crippen LogP contribution >= 0.6 is 0 Å². The Morgan fingerprint density at radius 3 is 2.00 bits per heavy atom. The SMILES string of the molecule is COc1ccccc1C(=O)O.O=C(OO)c1ccccc1. The van der Waals surface area contributed by atoms with E-state index < -0.39 is 11.9 Å². The predicted molar refractivity (Wildman–Crippen MR) is 74.4 cm³/mol. The van der Waals surface area contributed by atoms with Gasteiger partial charge >= 0.3 is 11.9 Å². The lowest BCUT2D eigenvalue weighted by molar-refractivity contribution is -0.182. The third-order valence-electron chi connectivity index (χ3n) is 2.43. The average Bonchev–Trinajstić information content (AvgIpc) is 2.55. The van der Waals surface area contributed by atoms with Gasteiger partial charge in [0.25, 0.3) is 0 Å². The largest absolute Gasteiger partial charge is 0.496 e. The summed E-state index contributed by atoms with van der Waals surface area (Å²) in [5.74, 6) is -1.32. The number of methoxy groups -OCH3 is 1. The number of hydrogen-bond donors (Lipinski definition) is 2. The Bertz CT molecular complexity index is 594. The molecule has 0 saturated carbocycles. The van der Waals surface area contributed by atoms with Crippen LogP contribution in [0.5, 0.6) is 5.75 Å². The van der Waals surface area contributed by atoms with Gasteiger partial charge in [-0.2, -0.15) is 5.26 Å². The minimum Gasteiger partial charge on any atom is -0.496 e. The average molecular weight is 290 g/mol. The number of aromatic carboxylic acids is 1. The number of carboxylic acid groups (broad SMARTS) is 1. The highest BCUT2D eigenvalue weighted by atomic mass is 17.1. The molecule has 0 heterocycles. The summed E-state index contributed by atoms with van der Waals surface area (Å²) >= 11 is 0. The van der Waals surface area contributed by atoms with Gasteiger partial charge in [-0.15, -0.1) is 0 Å². The molecule has 2 aromatic carbocycles. The van der Waals surface area contributed by atoms with E-state index in [4.69, 9.17) is 15.1 Å². The van der Waals surface area contributed by atoms with Crippen LogP contribution in [0.2, 0.25) is 0 Å². The van der Waals surface area contributed by atoms with Crippen molar-refractivity contribution in [2.24, 2.45) is 0 Å². The van der Waals surface area contributed by atoms with Crippen LogP contribution < -0.4 is 4.74 Å². The first-order valence-electron chi connectivity index (χ1n) is 5.87. The van der Waals surface area contributed by atoms with Crippen molar-refractivity contribution < 1.29 is 29.6 Å². The smallest absolute Gasteiger partial charge is 0.372 e. The first kappa shape index (κ1) is 16.2. The van der Waals surface area contributed by atoms with Gasteiger partial charge in [-0.3, -0.25) is 4.89 Å². The molecule has 0 aliphatic heterocycles. The fraction of sp³-hybridized carbons (Fsp3) is 0.0667. The normalized spacial score (nSPS) is 9.05. The van der Waals surface area contributed by atoms with Gasteiger partial charge in [0.15, 0.2) is 0 Å². The van der Waals surface area contributed by atoms with Crippen LogP contribution in [0.15, 0.2) is 54.6 Å². The number of para-hydroxylation sites is 1. The molecule has 0 aliphatic carbocycles. The molecule has 6 nitrogen and oxygen atoms in total. The van der Waals surface area contributed by atoms with Gasteiger partial charge in [0, 0.05) is 0 Å². The molecule has 0 amide bonds. The van der Waals surface area contributed by atoms with E-state index in [1.165, 1.54) is 13.2 Å². The Kier molecular flexibility index (Phi) is 6.43. The molecule has 21 heavy (non-hydrogen) atoms. The summed E-state index contributed by atoms with van der Waals surface area (Å²) in [7, 11) is 1.45. The van der Waals surface area contributed by atoms with Crippen LogP contribution in [0, 0.1) is 0 Å². The quantitative estimate of drug-likeness (QED) is 0.667. The molecule has 0 saturated heterocycles. The molecule has 0 aliphatic rings. The maximum Gasteiger partial charge on any atom is 0.372 e. The topological polar surface area (TPSA) is 93.1 Å². The zero-order valence-electron chi connectivity index (χ0n) is 11.2. The number of rotatable bonds is 3. The van der Waals surface area contributed by atoms with E-state index in [0.717, 1.165) is 0 Å².